The van der Waals surface area contributed by atoms with Gasteiger partial charge in [-0.25, -0.2) is 4.98 Å². The largest absolute Gasteiger partial charge is 0.489 e. The molecule has 0 spiro atoms. The summed E-state index contributed by atoms with van der Waals surface area (Å²) < 4.78 is 5.86. The summed E-state index contributed by atoms with van der Waals surface area (Å²) in [6.45, 7) is 8.20. The molecule has 1 atom stereocenters. The molecule has 0 N–H and O–H groups in total. The van der Waals surface area contributed by atoms with Crippen molar-refractivity contribution in [1.29, 1.82) is 0 Å². The maximum Gasteiger partial charge on any atom is 0.246 e. The van der Waals surface area contributed by atoms with Gasteiger partial charge in [0.25, 0.3) is 0 Å². The molecule has 112 valence electrons. The van der Waals surface area contributed by atoms with E-state index in [-0.39, 0.29) is 11.9 Å². The number of pyridine rings is 1. The van der Waals surface area contributed by atoms with E-state index in [0.29, 0.717) is 24.7 Å². The monoisotopic (exact) mass is 307 g/mol. The Balaban J connectivity index is 1.91. The van der Waals surface area contributed by atoms with Crippen LogP contribution in [0.3, 0.4) is 0 Å². The molecule has 1 aromatic rings. The number of carbonyl (C=O) groups excluding carboxylic acids is 1. The Morgan fingerprint density at radius 1 is 1.57 bits per heavy atom. The lowest BCUT2D eigenvalue weighted by atomic mass is 10.1. The second-order valence-electron chi connectivity index (χ2n) is 5.36. The second-order valence-corrected chi connectivity index (χ2v) is 5.76. The molecule has 21 heavy (non-hydrogen) atoms. The average Bonchev–Trinajstić information content (AvgIpc) is 2.69. The van der Waals surface area contributed by atoms with Gasteiger partial charge in [-0.2, -0.15) is 0 Å². The number of ether oxygens (including phenoxy) is 1. The van der Waals surface area contributed by atoms with Crippen molar-refractivity contribution in [3.63, 3.8) is 0 Å². The number of aromatic nitrogens is 1. The van der Waals surface area contributed by atoms with Gasteiger partial charge in [0.15, 0.2) is 11.6 Å². The second kappa shape index (κ2) is 5.56. The van der Waals surface area contributed by atoms with Gasteiger partial charge >= 0.3 is 0 Å². The molecule has 1 aromatic heterocycles. The molecule has 0 aromatic carbocycles. The fourth-order valence-electron chi connectivity index (χ4n) is 2.93. The van der Waals surface area contributed by atoms with E-state index < -0.39 is 0 Å². The summed E-state index contributed by atoms with van der Waals surface area (Å²) >= 11 is 6.13. The van der Waals surface area contributed by atoms with E-state index >= 15 is 0 Å². The van der Waals surface area contributed by atoms with Crippen molar-refractivity contribution in [2.24, 2.45) is 0 Å². The number of amides is 1. The van der Waals surface area contributed by atoms with Crippen molar-refractivity contribution in [2.45, 2.75) is 19.4 Å². The highest BCUT2D eigenvalue weighted by molar-refractivity contribution is 6.31. The Morgan fingerprint density at radius 3 is 3.14 bits per heavy atom. The van der Waals surface area contributed by atoms with E-state index in [2.05, 4.69) is 16.5 Å². The van der Waals surface area contributed by atoms with Crippen molar-refractivity contribution in [3.05, 3.63) is 29.4 Å². The van der Waals surface area contributed by atoms with E-state index in [1.54, 1.807) is 6.20 Å². The van der Waals surface area contributed by atoms with Gasteiger partial charge in [-0.3, -0.25) is 4.79 Å². The van der Waals surface area contributed by atoms with Crippen molar-refractivity contribution in [2.75, 3.05) is 31.1 Å². The minimum Gasteiger partial charge on any atom is -0.489 e. The summed E-state index contributed by atoms with van der Waals surface area (Å²) in [6, 6.07) is 0.219. The quantitative estimate of drug-likeness (QED) is 0.745. The van der Waals surface area contributed by atoms with Crippen LogP contribution in [0.25, 0.3) is 0 Å². The highest BCUT2D eigenvalue weighted by atomic mass is 35.5. The molecule has 1 amide bonds. The molecule has 0 aliphatic carbocycles. The fourth-order valence-corrected chi connectivity index (χ4v) is 3.07. The normalized spacial score (nSPS) is 21.0. The molecule has 0 unspecified atom stereocenters. The number of fused-ring (bicyclic) bond motifs is 3. The van der Waals surface area contributed by atoms with Crippen LogP contribution in [0.4, 0.5) is 5.82 Å². The first-order valence-electron chi connectivity index (χ1n) is 7.07. The minimum atomic E-state index is -0.0136. The van der Waals surface area contributed by atoms with E-state index in [1.807, 2.05) is 11.8 Å². The molecular weight excluding hydrogens is 290 g/mol. The first kappa shape index (κ1) is 14.2. The van der Waals surface area contributed by atoms with Gasteiger partial charge in [-0.1, -0.05) is 18.2 Å². The lowest BCUT2D eigenvalue weighted by molar-refractivity contribution is -0.126. The smallest absolute Gasteiger partial charge is 0.246 e. The van der Waals surface area contributed by atoms with Crippen LogP contribution in [0.5, 0.6) is 5.75 Å². The Morgan fingerprint density at radius 2 is 2.38 bits per heavy atom. The standard InChI is InChI=1S/C15H18ClN3O2/c1-3-13(20)18-5-6-19-11(9-18)4-7-21-14-10(2)12(16)8-17-15(14)19/h3,8,11H,1,4-7,9H2,2H3/t11-/m0/s1. The summed E-state index contributed by atoms with van der Waals surface area (Å²) in [5.41, 5.74) is 0.923. The summed E-state index contributed by atoms with van der Waals surface area (Å²) in [5, 5.41) is 0.618. The first-order valence-corrected chi connectivity index (χ1v) is 7.45. The number of nitrogens with zero attached hydrogens (tertiary/aromatic N) is 3. The number of hydrogen-bond donors (Lipinski definition) is 0. The van der Waals surface area contributed by atoms with Gasteiger partial charge in [0.05, 0.1) is 17.7 Å². The van der Waals surface area contributed by atoms with Crippen molar-refractivity contribution < 1.29 is 9.53 Å². The number of piperazine rings is 1. The van der Waals surface area contributed by atoms with Crippen LogP contribution in [-0.4, -0.2) is 48.1 Å². The van der Waals surface area contributed by atoms with Crippen LogP contribution in [0, 0.1) is 6.92 Å². The third kappa shape index (κ3) is 2.46. The zero-order chi connectivity index (χ0) is 15.0. The number of rotatable bonds is 1. The van der Waals surface area contributed by atoms with Crippen LogP contribution in [-0.2, 0) is 4.79 Å². The van der Waals surface area contributed by atoms with Gasteiger partial charge in [0, 0.05) is 37.8 Å². The first-order chi connectivity index (χ1) is 10.1. The van der Waals surface area contributed by atoms with Crippen molar-refractivity contribution in [3.8, 4) is 5.75 Å². The summed E-state index contributed by atoms with van der Waals surface area (Å²) in [5.74, 6) is 1.60. The van der Waals surface area contributed by atoms with Gasteiger partial charge in [-0.05, 0) is 13.0 Å². The molecule has 6 heteroatoms. The number of carbonyl (C=O) groups is 1. The van der Waals surface area contributed by atoms with Gasteiger partial charge in [0.2, 0.25) is 5.91 Å². The Labute approximate surface area is 129 Å². The summed E-state index contributed by atoms with van der Waals surface area (Å²) in [4.78, 5) is 20.3. The highest BCUT2D eigenvalue weighted by Gasteiger charge is 2.33. The molecular formula is C15H18ClN3O2. The molecule has 1 fully saturated rings. The molecule has 3 rings (SSSR count). The van der Waals surface area contributed by atoms with Gasteiger partial charge in [-0.15, -0.1) is 0 Å². The highest BCUT2D eigenvalue weighted by Crippen LogP contribution is 2.38. The summed E-state index contributed by atoms with van der Waals surface area (Å²) in [6.07, 6.45) is 3.90. The maximum absolute atomic E-state index is 11.8. The predicted octanol–water partition coefficient (Wildman–Crippen LogP) is 2.03. The van der Waals surface area contributed by atoms with E-state index in [9.17, 15) is 4.79 Å². The van der Waals surface area contributed by atoms with Crippen molar-refractivity contribution in [1.82, 2.24) is 9.88 Å². The molecule has 0 bridgehead atoms. The zero-order valence-corrected chi connectivity index (χ0v) is 12.8. The number of halogens is 1. The van der Waals surface area contributed by atoms with Crippen LogP contribution < -0.4 is 9.64 Å². The predicted molar refractivity (Wildman–Crippen MR) is 82.0 cm³/mol. The van der Waals surface area contributed by atoms with Crippen LogP contribution in [0.2, 0.25) is 5.02 Å². The molecule has 0 saturated carbocycles. The zero-order valence-electron chi connectivity index (χ0n) is 12.0. The molecule has 1 saturated heterocycles. The topological polar surface area (TPSA) is 45.7 Å². The SMILES string of the molecule is C=CC(=O)N1CCN2c3ncc(Cl)c(C)c3OCC[C@H]2C1. The van der Waals surface area contributed by atoms with E-state index in [0.717, 1.165) is 30.1 Å². The van der Waals surface area contributed by atoms with Crippen molar-refractivity contribution >= 4 is 23.3 Å². The number of hydrogen-bond acceptors (Lipinski definition) is 4. The van der Waals surface area contributed by atoms with Crippen LogP contribution in [0.15, 0.2) is 18.9 Å². The Kier molecular flexibility index (Phi) is 3.76. The summed E-state index contributed by atoms with van der Waals surface area (Å²) in [7, 11) is 0. The molecule has 5 nitrogen and oxygen atoms in total. The minimum absolute atomic E-state index is 0.0136. The van der Waals surface area contributed by atoms with Gasteiger partial charge < -0.3 is 14.5 Å². The molecule has 2 aliphatic rings. The fraction of sp³-hybridized carbons (Fsp3) is 0.467. The average molecular weight is 308 g/mol. The molecule has 0 radical (unpaired) electrons. The number of anilines is 1. The van der Waals surface area contributed by atoms with E-state index in [1.165, 1.54) is 6.08 Å². The van der Waals surface area contributed by atoms with Crippen LogP contribution in [0.1, 0.15) is 12.0 Å². The third-order valence-electron chi connectivity index (χ3n) is 4.14. The van der Waals surface area contributed by atoms with Crippen LogP contribution >= 0.6 is 11.6 Å². The van der Waals surface area contributed by atoms with Gasteiger partial charge in [0.1, 0.15) is 0 Å². The van der Waals surface area contributed by atoms with E-state index in [4.69, 9.17) is 16.3 Å². The molecule has 3 heterocycles. The lowest BCUT2D eigenvalue weighted by Gasteiger charge is -2.40. The Bertz CT molecular complexity index is 591. The third-order valence-corrected chi connectivity index (χ3v) is 4.52. The Hall–Kier alpha value is -1.75. The molecule has 2 aliphatic heterocycles. The lowest BCUT2D eigenvalue weighted by Crippen LogP contribution is -2.54. The maximum atomic E-state index is 11.8.